The molecule has 2 heterocycles. The average Bonchev–Trinajstić information content (AvgIpc) is 2.87. The van der Waals surface area contributed by atoms with Crippen molar-refractivity contribution in [3.63, 3.8) is 0 Å². The van der Waals surface area contributed by atoms with Crippen LogP contribution in [0.5, 0.6) is 0 Å². The molecule has 2 rings (SSSR count). The predicted molar refractivity (Wildman–Crippen MR) is 74.0 cm³/mol. The summed E-state index contributed by atoms with van der Waals surface area (Å²) in [5, 5.41) is 14.4. The third-order valence-corrected chi connectivity index (χ3v) is 2.76. The van der Waals surface area contributed by atoms with Gasteiger partial charge in [-0.3, -0.25) is 0 Å². The van der Waals surface area contributed by atoms with E-state index in [0.29, 0.717) is 12.5 Å². The van der Waals surface area contributed by atoms with Gasteiger partial charge < -0.3 is 15.2 Å². The highest BCUT2D eigenvalue weighted by Crippen LogP contribution is 2.13. The summed E-state index contributed by atoms with van der Waals surface area (Å²) in [5.41, 5.74) is 1.00. The summed E-state index contributed by atoms with van der Waals surface area (Å²) in [6, 6.07) is 0. The normalized spacial score (nSPS) is 10.5. The maximum Gasteiger partial charge on any atom is 0.224 e. The highest BCUT2D eigenvalue weighted by Gasteiger charge is 2.06. The molecule has 0 radical (unpaired) electrons. The first-order valence-corrected chi connectivity index (χ1v) is 6.42. The van der Waals surface area contributed by atoms with Gasteiger partial charge in [0.1, 0.15) is 12.1 Å². The summed E-state index contributed by atoms with van der Waals surface area (Å²) in [4.78, 5) is 8.64. The molecule has 0 saturated carbocycles. The topological polar surface area (TPSA) is 80.5 Å². The number of hydrogen-bond acceptors (Lipinski definition) is 6. The van der Waals surface area contributed by atoms with Gasteiger partial charge in [-0.15, -0.1) is 10.2 Å². The summed E-state index contributed by atoms with van der Waals surface area (Å²) in [6.07, 6.45) is 3.53. The monoisotopic (exact) mass is 261 g/mol. The number of anilines is 2. The predicted octanol–water partition coefficient (Wildman–Crippen LogP) is 1.44. The zero-order valence-corrected chi connectivity index (χ0v) is 11.5. The Morgan fingerprint density at radius 3 is 2.84 bits per heavy atom. The van der Waals surface area contributed by atoms with Crippen LogP contribution in [0.4, 0.5) is 11.8 Å². The molecule has 7 heteroatoms. The first-order valence-electron chi connectivity index (χ1n) is 6.42. The maximum absolute atomic E-state index is 4.43. The number of aryl methyl sites for hydroxylation is 2. The van der Waals surface area contributed by atoms with Crippen LogP contribution >= 0.6 is 0 Å². The number of nitrogens with one attached hydrogen (secondary N) is 2. The van der Waals surface area contributed by atoms with Gasteiger partial charge in [-0.1, -0.05) is 0 Å². The molecule has 0 unspecified atom stereocenters. The molecule has 0 amide bonds. The van der Waals surface area contributed by atoms with Gasteiger partial charge in [-0.05, 0) is 20.8 Å². The van der Waals surface area contributed by atoms with E-state index in [2.05, 4.69) is 37.7 Å². The third kappa shape index (κ3) is 3.18. The van der Waals surface area contributed by atoms with E-state index >= 15 is 0 Å². The Bertz CT molecular complexity index is 535. The Kier molecular flexibility index (Phi) is 4.27. The van der Waals surface area contributed by atoms with Gasteiger partial charge in [-0.25, -0.2) is 4.98 Å². The number of nitrogens with zero attached hydrogens (tertiary/aromatic N) is 5. The van der Waals surface area contributed by atoms with Crippen LogP contribution in [0.15, 0.2) is 12.5 Å². The lowest BCUT2D eigenvalue weighted by molar-refractivity contribution is 0.707. The molecule has 2 aromatic heterocycles. The standard InChI is InChI=1S/C12H19N7/c1-4-13-12-15-6-9(3)11(17-12)14-7-10-18-16-8-19(10)5-2/h6,8H,4-5,7H2,1-3H3,(H2,13,14,15,17). The van der Waals surface area contributed by atoms with E-state index < -0.39 is 0 Å². The van der Waals surface area contributed by atoms with Crippen LogP contribution < -0.4 is 10.6 Å². The van der Waals surface area contributed by atoms with E-state index in [1.54, 1.807) is 12.5 Å². The molecular formula is C12H19N7. The Morgan fingerprint density at radius 2 is 2.11 bits per heavy atom. The minimum atomic E-state index is 0.595. The van der Waals surface area contributed by atoms with Crippen molar-refractivity contribution in [1.82, 2.24) is 24.7 Å². The second-order valence-corrected chi connectivity index (χ2v) is 4.14. The Labute approximate surface area is 112 Å². The summed E-state index contributed by atoms with van der Waals surface area (Å²) in [6.45, 7) is 8.30. The second-order valence-electron chi connectivity index (χ2n) is 4.14. The van der Waals surface area contributed by atoms with E-state index in [9.17, 15) is 0 Å². The van der Waals surface area contributed by atoms with Crippen LogP contribution in [-0.4, -0.2) is 31.3 Å². The van der Waals surface area contributed by atoms with E-state index in [0.717, 1.165) is 30.3 Å². The fourth-order valence-corrected chi connectivity index (χ4v) is 1.71. The largest absolute Gasteiger partial charge is 0.362 e. The highest BCUT2D eigenvalue weighted by atomic mass is 15.3. The summed E-state index contributed by atoms with van der Waals surface area (Å²) < 4.78 is 1.99. The molecular weight excluding hydrogens is 242 g/mol. The highest BCUT2D eigenvalue weighted by molar-refractivity contribution is 5.46. The summed E-state index contributed by atoms with van der Waals surface area (Å²) in [7, 11) is 0. The number of rotatable bonds is 6. The van der Waals surface area contributed by atoms with Crippen molar-refractivity contribution < 1.29 is 0 Å². The van der Waals surface area contributed by atoms with Gasteiger partial charge in [0.15, 0.2) is 5.82 Å². The SMILES string of the molecule is CCNc1ncc(C)c(NCc2nncn2CC)n1. The van der Waals surface area contributed by atoms with Gasteiger partial charge in [0, 0.05) is 24.8 Å². The molecule has 0 saturated heterocycles. The molecule has 19 heavy (non-hydrogen) atoms. The molecule has 0 bridgehead atoms. The van der Waals surface area contributed by atoms with Crippen molar-refractivity contribution in [2.45, 2.75) is 33.9 Å². The van der Waals surface area contributed by atoms with Gasteiger partial charge in [-0.2, -0.15) is 4.98 Å². The van der Waals surface area contributed by atoms with Crippen molar-refractivity contribution in [3.05, 3.63) is 23.9 Å². The van der Waals surface area contributed by atoms with Gasteiger partial charge >= 0.3 is 0 Å². The van der Waals surface area contributed by atoms with Gasteiger partial charge in [0.05, 0.1) is 6.54 Å². The van der Waals surface area contributed by atoms with E-state index in [-0.39, 0.29) is 0 Å². The maximum atomic E-state index is 4.43. The zero-order valence-electron chi connectivity index (χ0n) is 11.5. The minimum absolute atomic E-state index is 0.595. The van der Waals surface area contributed by atoms with Crippen molar-refractivity contribution in [2.24, 2.45) is 0 Å². The molecule has 2 aromatic rings. The van der Waals surface area contributed by atoms with Crippen LogP contribution in [0, 0.1) is 6.92 Å². The van der Waals surface area contributed by atoms with E-state index in [1.165, 1.54) is 0 Å². The van der Waals surface area contributed by atoms with Crippen LogP contribution in [-0.2, 0) is 13.1 Å². The van der Waals surface area contributed by atoms with Crippen molar-refractivity contribution in [2.75, 3.05) is 17.2 Å². The molecule has 0 spiro atoms. The van der Waals surface area contributed by atoms with Crippen molar-refractivity contribution >= 4 is 11.8 Å². The van der Waals surface area contributed by atoms with E-state index in [1.807, 2.05) is 18.4 Å². The van der Waals surface area contributed by atoms with Crippen LogP contribution in [0.2, 0.25) is 0 Å². The number of aromatic nitrogens is 5. The zero-order chi connectivity index (χ0) is 13.7. The lowest BCUT2D eigenvalue weighted by atomic mass is 10.3. The van der Waals surface area contributed by atoms with Gasteiger partial charge in [0.25, 0.3) is 0 Å². The first kappa shape index (κ1) is 13.3. The first-order chi connectivity index (χ1) is 9.24. The number of hydrogen-bond donors (Lipinski definition) is 2. The quantitative estimate of drug-likeness (QED) is 0.819. The molecule has 0 aromatic carbocycles. The molecule has 2 N–H and O–H groups in total. The Balaban J connectivity index is 2.08. The molecule has 0 aliphatic heterocycles. The molecule has 102 valence electrons. The van der Waals surface area contributed by atoms with Crippen LogP contribution in [0.1, 0.15) is 25.2 Å². The lowest BCUT2D eigenvalue weighted by Gasteiger charge is -2.10. The van der Waals surface area contributed by atoms with Crippen LogP contribution in [0.3, 0.4) is 0 Å². The minimum Gasteiger partial charge on any atom is -0.362 e. The molecule has 0 atom stereocenters. The molecule has 0 fully saturated rings. The average molecular weight is 261 g/mol. The van der Waals surface area contributed by atoms with Gasteiger partial charge in [0.2, 0.25) is 5.95 Å². The Hall–Kier alpha value is -2.18. The summed E-state index contributed by atoms with van der Waals surface area (Å²) >= 11 is 0. The van der Waals surface area contributed by atoms with Crippen LogP contribution in [0.25, 0.3) is 0 Å². The second kappa shape index (κ2) is 6.12. The molecule has 0 aliphatic rings. The summed E-state index contributed by atoms with van der Waals surface area (Å²) in [5.74, 6) is 2.34. The van der Waals surface area contributed by atoms with Crippen molar-refractivity contribution in [3.8, 4) is 0 Å². The van der Waals surface area contributed by atoms with E-state index in [4.69, 9.17) is 0 Å². The molecule has 7 nitrogen and oxygen atoms in total. The van der Waals surface area contributed by atoms with Crippen molar-refractivity contribution in [1.29, 1.82) is 0 Å². The third-order valence-electron chi connectivity index (χ3n) is 2.76. The smallest absolute Gasteiger partial charge is 0.224 e. The lowest BCUT2D eigenvalue weighted by Crippen LogP contribution is -2.11. The molecule has 0 aliphatic carbocycles. The fourth-order valence-electron chi connectivity index (χ4n) is 1.71. The Morgan fingerprint density at radius 1 is 1.26 bits per heavy atom. The fraction of sp³-hybridized carbons (Fsp3) is 0.500.